The highest BCUT2D eigenvalue weighted by atomic mass is 14.9. The summed E-state index contributed by atoms with van der Waals surface area (Å²) in [5, 5.41) is 6.22. The maximum absolute atomic E-state index is 4.19. The molecule has 17 heavy (non-hydrogen) atoms. The predicted octanol–water partition coefficient (Wildman–Crippen LogP) is 2.92. The lowest BCUT2D eigenvalue weighted by molar-refractivity contribution is 0.400. The molecule has 2 heteroatoms. The van der Waals surface area contributed by atoms with Crippen LogP contribution in [0.1, 0.15) is 24.8 Å². The third kappa shape index (κ3) is 2.32. The summed E-state index contributed by atoms with van der Waals surface area (Å²) < 4.78 is 0. The normalized spacial score (nSPS) is 20.6. The summed E-state index contributed by atoms with van der Waals surface area (Å²) in [6.45, 7) is 1.18. The van der Waals surface area contributed by atoms with Crippen LogP contribution in [-0.4, -0.2) is 17.6 Å². The van der Waals surface area contributed by atoms with E-state index in [4.69, 9.17) is 0 Å². The zero-order valence-electron chi connectivity index (χ0n) is 10.0. The van der Waals surface area contributed by atoms with Gasteiger partial charge in [0.05, 0.1) is 0 Å². The SMILES string of the molecule is c1cc(CC2CCCCN2)c2ccncc2c1. The van der Waals surface area contributed by atoms with Crippen LogP contribution in [0.5, 0.6) is 0 Å². The molecule has 1 unspecified atom stereocenters. The molecule has 1 aromatic carbocycles. The second-order valence-electron chi connectivity index (χ2n) is 4.86. The van der Waals surface area contributed by atoms with Gasteiger partial charge >= 0.3 is 0 Å². The molecule has 1 N–H and O–H groups in total. The van der Waals surface area contributed by atoms with Gasteiger partial charge in [-0.15, -0.1) is 0 Å². The Morgan fingerprint density at radius 3 is 3.12 bits per heavy atom. The van der Waals surface area contributed by atoms with Crippen molar-refractivity contribution in [3.8, 4) is 0 Å². The second-order valence-corrected chi connectivity index (χ2v) is 4.86. The molecule has 0 radical (unpaired) electrons. The van der Waals surface area contributed by atoms with Gasteiger partial charge in [0, 0.05) is 23.8 Å². The fraction of sp³-hybridized carbons (Fsp3) is 0.400. The summed E-state index contributed by atoms with van der Waals surface area (Å²) in [7, 11) is 0. The van der Waals surface area contributed by atoms with Gasteiger partial charge in [0.1, 0.15) is 0 Å². The van der Waals surface area contributed by atoms with Gasteiger partial charge in [-0.2, -0.15) is 0 Å². The Morgan fingerprint density at radius 2 is 2.24 bits per heavy atom. The molecular weight excluding hydrogens is 208 g/mol. The lowest BCUT2D eigenvalue weighted by Crippen LogP contribution is -2.35. The van der Waals surface area contributed by atoms with Crippen molar-refractivity contribution in [3.63, 3.8) is 0 Å². The average Bonchev–Trinajstić information content (AvgIpc) is 2.40. The van der Waals surface area contributed by atoms with Gasteiger partial charge in [0.25, 0.3) is 0 Å². The standard InChI is InChI=1S/C15H18N2/c1-2-8-17-14(6-1)10-12-4-3-5-13-11-16-9-7-15(12)13/h3-5,7,9,11,14,17H,1-2,6,8,10H2. The maximum Gasteiger partial charge on any atom is 0.0346 e. The van der Waals surface area contributed by atoms with E-state index in [-0.39, 0.29) is 0 Å². The Morgan fingerprint density at radius 1 is 1.24 bits per heavy atom. The fourth-order valence-corrected chi connectivity index (χ4v) is 2.73. The van der Waals surface area contributed by atoms with Crippen LogP contribution >= 0.6 is 0 Å². The Balaban J connectivity index is 1.89. The molecule has 1 aliphatic heterocycles. The quantitative estimate of drug-likeness (QED) is 0.851. The smallest absolute Gasteiger partial charge is 0.0346 e. The highest BCUT2D eigenvalue weighted by Crippen LogP contribution is 2.21. The number of piperidine rings is 1. The van der Waals surface area contributed by atoms with E-state index in [0.29, 0.717) is 6.04 Å². The van der Waals surface area contributed by atoms with Gasteiger partial charge in [0.2, 0.25) is 0 Å². The number of nitrogens with one attached hydrogen (secondary N) is 1. The van der Waals surface area contributed by atoms with E-state index in [2.05, 4.69) is 34.6 Å². The first kappa shape index (κ1) is 10.7. The van der Waals surface area contributed by atoms with Crippen molar-refractivity contribution >= 4 is 10.8 Å². The molecule has 0 amide bonds. The fourth-order valence-electron chi connectivity index (χ4n) is 2.73. The number of pyridine rings is 1. The molecule has 0 bridgehead atoms. The zero-order valence-corrected chi connectivity index (χ0v) is 10.0. The zero-order chi connectivity index (χ0) is 11.5. The molecule has 1 aromatic heterocycles. The van der Waals surface area contributed by atoms with E-state index < -0.39 is 0 Å². The monoisotopic (exact) mass is 226 g/mol. The molecule has 1 atom stereocenters. The lowest BCUT2D eigenvalue weighted by atomic mass is 9.95. The largest absolute Gasteiger partial charge is 0.314 e. The Hall–Kier alpha value is -1.41. The summed E-state index contributed by atoms with van der Waals surface area (Å²) in [4.78, 5) is 4.19. The summed E-state index contributed by atoms with van der Waals surface area (Å²) >= 11 is 0. The minimum absolute atomic E-state index is 0.655. The number of nitrogens with zero attached hydrogens (tertiary/aromatic N) is 1. The van der Waals surface area contributed by atoms with Gasteiger partial charge < -0.3 is 5.32 Å². The first-order chi connectivity index (χ1) is 8.43. The Labute approximate surface area is 102 Å². The van der Waals surface area contributed by atoms with Gasteiger partial charge in [-0.05, 0) is 42.8 Å². The molecule has 2 heterocycles. The molecular formula is C15H18N2. The van der Waals surface area contributed by atoms with Crippen LogP contribution in [0.15, 0.2) is 36.7 Å². The Kier molecular flexibility index (Phi) is 3.06. The highest BCUT2D eigenvalue weighted by Gasteiger charge is 2.13. The summed E-state index contributed by atoms with van der Waals surface area (Å²) in [6, 6.07) is 9.32. The maximum atomic E-state index is 4.19. The van der Waals surface area contributed by atoms with Gasteiger partial charge in [-0.1, -0.05) is 24.6 Å². The third-order valence-electron chi connectivity index (χ3n) is 3.65. The van der Waals surface area contributed by atoms with E-state index in [1.54, 1.807) is 0 Å². The number of hydrogen-bond acceptors (Lipinski definition) is 2. The van der Waals surface area contributed by atoms with Gasteiger partial charge in [-0.25, -0.2) is 0 Å². The van der Waals surface area contributed by atoms with Crippen LogP contribution in [0.3, 0.4) is 0 Å². The number of fused-ring (bicyclic) bond motifs is 1. The van der Waals surface area contributed by atoms with Crippen molar-refractivity contribution in [2.45, 2.75) is 31.7 Å². The topological polar surface area (TPSA) is 24.9 Å². The molecule has 2 aromatic rings. The summed E-state index contributed by atoms with van der Waals surface area (Å²) in [5.41, 5.74) is 1.45. The summed E-state index contributed by atoms with van der Waals surface area (Å²) in [5.74, 6) is 0. The first-order valence-corrected chi connectivity index (χ1v) is 6.48. The van der Waals surface area contributed by atoms with Crippen molar-refractivity contribution in [3.05, 3.63) is 42.2 Å². The van der Waals surface area contributed by atoms with E-state index in [0.717, 1.165) is 6.42 Å². The van der Waals surface area contributed by atoms with Crippen molar-refractivity contribution in [2.24, 2.45) is 0 Å². The first-order valence-electron chi connectivity index (χ1n) is 6.48. The van der Waals surface area contributed by atoms with E-state index in [1.165, 1.54) is 42.1 Å². The molecule has 1 fully saturated rings. The van der Waals surface area contributed by atoms with E-state index in [9.17, 15) is 0 Å². The van der Waals surface area contributed by atoms with Crippen LogP contribution in [0, 0.1) is 0 Å². The minimum atomic E-state index is 0.655. The van der Waals surface area contributed by atoms with Crippen molar-refractivity contribution in [2.75, 3.05) is 6.54 Å². The van der Waals surface area contributed by atoms with Crippen LogP contribution in [0.2, 0.25) is 0 Å². The number of hydrogen-bond donors (Lipinski definition) is 1. The third-order valence-corrected chi connectivity index (χ3v) is 3.65. The molecule has 0 saturated carbocycles. The molecule has 0 spiro atoms. The second kappa shape index (κ2) is 4.84. The minimum Gasteiger partial charge on any atom is -0.314 e. The van der Waals surface area contributed by atoms with Crippen LogP contribution in [-0.2, 0) is 6.42 Å². The molecule has 1 aliphatic rings. The van der Waals surface area contributed by atoms with Crippen molar-refractivity contribution < 1.29 is 0 Å². The van der Waals surface area contributed by atoms with Gasteiger partial charge in [-0.3, -0.25) is 4.98 Å². The van der Waals surface area contributed by atoms with Gasteiger partial charge in [0.15, 0.2) is 0 Å². The molecule has 3 rings (SSSR count). The van der Waals surface area contributed by atoms with E-state index >= 15 is 0 Å². The van der Waals surface area contributed by atoms with Crippen molar-refractivity contribution in [1.82, 2.24) is 10.3 Å². The summed E-state index contributed by atoms with van der Waals surface area (Å²) in [6.07, 6.45) is 8.98. The number of benzene rings is 1. The molecule has 88 valence electrons. The molecule has 1 saturated heterocycles. The number of rotatable bonds is 2. The van der Waals surface area contributed by atoms with Crippen LogP contribution < -0.4 is 5.32 Å². The average molecular weight is 226 g/mol. The van der Waals surface area contributed by atoms with E-state index in [1.807, 2.05) is 12.4 Å². The highest BCUT2D eigenvalue weighted by molar-refractivity contribution is 5.84. The number of aromatic nitrogens is 1. The van der Waals surface area contributed by atoms with Crippen LogP contribution in [0.25, 0.3) is 10.8 Å². The molecule has 0 aliphatic carbocycles. The predicted molar refractivity (Wildman–Crippen MR) is 71.1 cm³/mol. The lowest BCUT2D eigenvalue weighted by Gasteiger charge is -2.24. The molecule has 2 nitrogen and oxygen atoms in total. The van der Waals surface area contributed by atoms with Crippen molar-refractivity contribution in [1.29, 1.82) is 0 Å². The van der Waals surface area contributed by atoms with Crippen LogP contribution in [0.4, 0.5) is 0 Å². The Bertz CT molecular complexity index is 496.